The fraction of sp³-hybridized carbons (Fsp3) is 0.158. The third-order valence-electron chi connectivity index (χ3n) is 2.91. The second kappa shape index (κ2) is 11.0. The number of benzene rings is 2. The van der Waals surface area contributed by atoms with Crippen molar-refractivity contribution in [1.82, 2.24) is 4.90 Å². The summed E-state index contributed by atoms with van der Waals surface area (Å²) in [5.74, 6) is -2.18. The molecule has 0 aliphatic carbocycles. The van der Waals surface area contributed by atoms with E-state index in [-0.39, 0.29) is 0 Å². The standard InChI is InChI=1S/C15H17NOS.C4H4O4/c1-16(2)11-12-7-3-5-9-14(12)18-15-10-6-4-8-13(15)17;5-3(6)1-2-4(7)8/h3-10,17H,11H2,1-2H3;1-2H,(H,5,6)(H,7,8)/b;2-1-. The van der Waals surface area contributed by atoms with E-state index in [1.807, 2.05) is 30.3 Å². The van der Waals surface area contributed by atoms with E-state index >= 15 is 0 Å². The molecule has 138 valence electrons. The molecule has 7 heteroatoms. The topological polar surface area (TPSA) is 98.1 Å². The highest BCUT2D eigenvalue weighted by Crippen LogP contribution is 2.35. The van der Waals surface area contributed by atoms with Crippen LogP contribution in [0, 0.1) is 0 Å². The first-order valence-electron chi connectivity index (χ1n) is 7.62. The van der Waals surface area contributed by atoms with Crippen molar-refractivity contribution in [2.24, 2.45) is 0 Å². The number of carboxylic acid groups (broad SMARTS) is 2. The number of nitrogens with zero attached hydrogens (tertiary/aromatic N) is 1. The molecule has 0 bridgehead atoms. The fourth-order valence-corrected chi connectivity index (χ4v) is 2.85. The van der Waals surface area contributed by atoms with Gasteiger partial charge >= 0.3 is 11.9 Å². The first kappa shape index (κ1) is 21.3. The summed E-state index contributed by atoms with van der Waals surface area (Å²) in [6.07, 6.45) is 1.12. The largest absolute Gasteiger partial charge is 0.507 e. The molecular weight excluding hydrogens is 354 g/mol. The van der Waals surface area contributed by atoms with Crippen molar-refractivity contribution in [1.29, 1.82) is 0 Å². The predicted molar refractivity (Wildman–Crippen MR) is 100 cm³/mol. The predicted octanol–water partition coefficient (Wildman–Crippen LogP) is 3.32. The van der Waals surface area contributed by atoms with Gasteiger partial charge in [-0.2, -0.15) is 0 Å². The van der Waals surface area contributed by atoms with Gasteiger partial charge in [-0.05, 0) is 37.9 Å². The number of aliphatic carboxylic acids is 2. The molecule has 0 amide bonds. The van der Waals surface area contributed by atoms with Crippen molar-refractivity contribution in [3.05, 3.63) is 66.2 Å². The van der Waals surface area contributed by atoms with E-state index in [4.69, 9.17) is 10.2 Å². The first-order valence-corrected chi connectivity index (χ1v) is 8.43. The molecule has 2 aromatic rings. The highest BCUT2D eigenvalue weighted by Gasteiger charge is 2.07. The number of phenolic OH excluding ortho intramolecular Hbond substituents is 1. The van der Waals surface area contributed by atoms with Crippen molar-refractivity contribution in [2.45, 2.75) is 16.3 Å². The Kier molecular flexibility index (Phi) is 8.97. The van der Waals surface area contributed by atoms with Gasteiger partial charge in [0, 0.05) is 23.6 Å². The van der Waals surface area contributed by atoms with Crippen LogP contribution in [-0.2, 0) is 16.1 Å². The van der Waals surface area contributed by atoms with Crippen LogP contribution in [0.4, 0.5) is 0 Å². The van der Waals surface area contributed by atoms with Gasteiger partial charge in [0.1, 0.15) is 5.75 Å². The Bertz CT molecular complexity index is 758. The maximum Gasteiger partial charge on any atom is 0.328 e. The average Bonchev–Trinajstić information content (AvgIpc) is 2.57. The zero-order valence-electron chi connectivity index (χ0n) is 14.5. The molecule has 2 aromatic carbocycles. The van der Waals surface area contributed by atoms with Gasteiger partial charge in [0.15, 0.2) is 0 Å². The molecule has 2 rings (SSSR count). The summed E-state index contributed by atoms with van der Waals surface area (Å²) >= 11 is 1.61. The smallest absolute Gasteiger partial charge is 0.328 e. The molecule has 0 saturated carbocycles. The second-order valence-corrected chi connectivity index (χ2v) is 6.51. The number of rotatable bonds is 6. The summed E-state index contributed by atoms with van der Waals surface area (Å²) in [5.41, 5.74) is 1.27. The Hall–Kier alpha value is -2.77. The minimum absolute atomic E-state index is 0.335. The lowest BCUT2D eigenvalue weighted by molar-refractivity contribution is -0.134. The van der Waals surface area contributed by atoms with Gasteiger partial charge in [-0.25, -0.2) is 9.59 Å². The minimum atomic E-state index is -1.26. The number of hydrogen-bond donors (Lipinski definition) is 3. The van der Waals surface area contributed by atoms with Crippen LogP contribution in [0.2, 0.25) is 0 Å². The number of para-hydroxylation sites is 1. The number of phenols is 1. The van der Waals surface area contributed by atoms with Crippen molar-refractivity contribution in [3.8, 4) is 5.75 Å². The summed E-state index contributed by atoms with van der Waals surface area (Å²) in [6, 6.07) is 15.7. The maximum atomic E-state index is 9.81. The van der Waals surface area contributed by atoms with Crippen molar-refractivity contribution < 1.29 is 24.9 Å². The van der Waals surface area contributed by atoms with Crippen LogP contribution >= 0.6 is 11.8 Å². The van der Waals surface area contributed by atoms with Gasteiger partial charge < -0.3 is 20.2 Å². The van der Waals surface area contributed by atoms with Crippen LogP contribution in [0.25, 0.3) is 0 Å². The average molecular weight is 375 g/mol. The Morgan fingerprint density at radius 2 is 1.42 bits per heavy atom. The van der Waals surface area contributed by atoms with Crippen LogP contribution in [0.1, 0.15) is 5.56 Å². The monoisotopic (exact) mass is 375 g/mol. The molecule has 0 spiro atoms. The summed E-state index contributed by atoms with van der Waals surface area (Å²) in [6.45, 7) is 0.900. The van der Waals surface area contributed by atoms with E-state index < -0.39 is 11.9 Å². The second-order valence-electron chi connectivity index (χ2n) is 5.43. The molecule has 0 atom stereocenters. The van der Waals surface area contributed by atoms with Crippen molar-refractivity contribution in [3.63, 3.8) is 0 Å². The van der Waals surface area contributed by atoms with Gasteiger partial charge in [-0.1, -0.05) is 42.1 Å². The zero-order valence-corrected chi connectivity index (χ0v) is 15.3. The number of aromatic hydroxyl groups is 1. The summed E-state index contributed by atoms with van der Waals surface area (Å²) < 4.78 is 0. The molecule has 0 radical (unpaired) electrons. The summed E-state index contributed by atoms with van der Waals surface area (Å²) in [4.78, 5) is 23.3. The quantitative estimate of drug-likeness (QED) is 0.666. The lowest BCUT2D eigenvalue weighted by atomic mass is 10.2. The lowest BCUT2D eigenvalue weighted by Crippen LogP contribution is -2.11. The van der Waals surface area contributed by atoms with Crippen LogP contribution in [-0.4, -0.2) is 46.3 Å². The van der Waals surface area contributed by atoms with Crippen LogP contribution in [0.3, 0.4) is 0 Å². The Balaban J connectivity index is 0.000000359. The first-order chi connectivity index (χ1) is 12.3. The lowest BCUT2D eigenvalue weighted by Gasteiger charge is -2.14. The molecule has 3 N–H and O–H groups in total. The molecule has 6 nitrogen and oxygen atoms in total. The van der Waals surface area contributed by atoms with E-state index in [1.165, 1.54) is 10.5 Å². The van der Waals surface area contributed by atoms with Crippen LogP contribution in [0.15, 0.2) is 70.5 Å². The van der Waals surface area contributed by atoms with E-state index in [9.17, 15) is 14.7 Å². The van der Waals surface area contributed by atoms with Gasteiger partial charge in [-0.3, -0.25) is 0 Å². The molecule has 0 aromatic heterocycles. The van der Waals surface area contributed by atoms with Crippen molar-refractivity contribution >= 4 is 23.7 Å². The third kappa shape index (κ3) is 8.36. The van der Waals surface area contributed by atoms with Crippen LogP contribution < -0.4 is 0 Å². The molecule has 0 aliphatic heterocycles. The highest BCUT2D eigenvalue weighted by molar-refractivity contribution is 7.99. The Morgan fingerprint density at radius 3 is 1.92 bits per heavy atom. The molecule has 0 unspecified atom stereocenters. The van der Waals surface area contributed by atoms with Gasteiger partial charge in [-0.15, -0.1) is 0 Å². The zero-order chi connectivity index (χ0) is 19.5. The van der Waals surface area contributed by atoms with Crippen LogP contribution in [0.5, 0.6) is 5.75 Å². The maximum absolute atomic E-state index is 9.81. The molecule has 0 fully saturated rings. The fourth-order valence-electron chi connectivity index (χ4n) is 1.88. The summed E-state index contributed by atoms with van der Waals surface area (Å²) in [7, 11) is 4.11. The minimum Gasteiger partial charge on any atom is -0.507 e. The molecule has 0 heterocycles. The van der Waals surface area contributed by atoms with Gasteiger partial charge in [0.25, 0.3) is 0 Å². The van der Waals surface area contributed by atoms with E-state index in [0.29, 0.717) is 17.9 Å². The van der Waals surface area contributed by atoms with E-state index in [2.05, 4.69) is 31.1 Å². The normalized spacial score (nSPS) is 10.4. The molecule has 26 heavy (non-hydrogen) atoms. The Labute approximate surface area is 156 Å². The van der Waals surface area contributed by atoms with E-state index in [0.717, 1.165) is 11.4 Å². The number of carboxylic acids is 2. The van der Waals surface area contributed by atoms with E-state index in [1.54, 1.807) is 17.8 Å². The SMILES string of the molecule is CN(C)Cc1ccccc1Sc1ccccc1O.O=C(O)/C=C\C(=O)O. The summed E-state index contributed by atoms with van der Waals surface area (Å²) in [5, 5.41) is 25.4. The molecule has 0 aliphatic rings. The van der Waals surface area contributed by atoms with Crippen molar-refractivity contribution in [2.75, 3.05) is 14.1 Å². The molecule has 0 saturated heterocycles. The Morgan fingerprint density at radius 1 is 0.923 bits per heavy atom. The molecular formula is C19H21NO5S. The number of carbonyl (C=O) groups is 2. The highest BCUT2D eigenvalue weighted by atomic mass is 32.2. The number of hydrogen-bond acceptors (Lipinski definition) is 5. The third-order valence-corrected chi connectivity index (χ3v) is 4.10. The van der Waals surface area contributed by atoms with Gasteiger partial charge in [0.2, 0.25) is 0 Å². The van der Waals surface area contributed by atoms with Gasteiger partial charge in [0.05, 0.1) is 4.90 Å².